The number of nitriles is 1. The van der Waals surface area contributed by atoms with Gasteiger partial charge in [0.05, 0.1) is 6.07 Å². The van der Waals surface area contributed by atoms with E-state index >= 15 is 0 Å². The number of hydrogen-bond acceptors (Lipinski definition) is 2. The van der Waals surface area contributed by atoms with E-state index in [1.807, 2.05) is 0 Å². The molecule has 2 aliphatic carbocycles. The maximum atomic E-state index is 9.72. The van der Waals surface area contributed by atoms with Crippen LogP contribution in [0.1, 0.15) is 44.9 Å². The van der Waals surface area contributed by atoms with Crippen molar-refractivity contribution in [1.29, 1.82) is 5.26 Å². The first-order valence-electron chi connectivity index (χ1n) is 7.07. The molecule has 1 unspecified atom stereocenters. The van der Waals surface area contributed by atoms with Crippen LogP contribution in [-0.4, -0.2) is 13.9 Å². The highest BCUT2D eigenvalue weighted by Gasteiger charge is 2.47. The van der Waals surface area contributed by atoms with Crippen LogP contribution < -0.4 is 0 Å². The van der Waals surface area contributed by atoms with Gasteiger partial charge in [0, 0.05) is 5.92 Å². The zero-order chi connectivity index (χ0) is 12.5. The zero-order valence-corrected chi connectivity index (χ0v) is 12.5. The first-order chi connectivity index (χ1) is 7.95. The van der Waals surface area contributed by atoms with Gasteiger partial charge in [-0.1, -0.05) is 25.7 Å². The van der Waals surface area contributed by atoms with E-state index in [2.05, 4.69) is 25.7 Å². The highest BCUT2D eigenvalue weighted by atomic mass is 28.4. The van der Waals surface area contributed by atoms with Crippen LogP contribution in [0.2, 0.25) is 19.6 Å². The van der Waals surface area contributed by atoms with Crippen molar-refractivity contribution in [3.8, 4) is 6.07 Å². The minimum atomic E-state index is -1.64. The molecule has 0 radical (unpaired) electrons. The van der Waals surface area contributed by atoms with Gasteiger partial charge in [-0.2, -0.15) is 5.26 Å². The molecule has 17 heavy (non-hydrogen) atoms. The third kappa shape index (κ3) is 2.92. The van der Waals surface area contributed by atoms with Crippen LogP contribution >= 0.6 is 0 Å². The molecule has 0 N–H and O–H groups in total. The second kappa shape index (κ2) is 4.74. The molecule has 2 fully saturated rings. The molecule has 0 aliphatic heterocycles. The van der Waals surface area contributed by atoms with E-state index in [-0.39, 0.29) is 0 Å². The predicted octanol–water partition coefficient (Wildman–Crippen LogP) is 4.09. The molecule has 2 saturated carbocycles. The van der Waals surface area contributed by atoms with E-state index in [1.165, 1.54) is 38.5 Å². The summed E-state index contributed by atoms with van der Waals surface area (Å²) in [4.78, 5) is 0. The van der Waals surface area contributed by atoms with Crippen LogP contribution in [0, 0.1) is 23.2 Å². The highest BCUT2D eigenvalue weighted by Crippen LogP contribution is 2.46. The maximum absolute atomic E-state index is 9.72. The van der Waals surface area contributed by atoms with E-state index in [0.29, 0.717) is 5.92 Å². The summed E-state index contributed by atoms with van der Waals surface area (Å²) < 4.78 is 6.39. The molecule has 1 atom stereocenters. The van der Waals surface area contributed by atoms with Crippen LogP contribution in [0.3, 0.4) is 0 Å². The van der Waals surface area contributed by atoms with Gasteiger partial charge >= 0.3 is 0 Å². The Morgan fingerprint density at radius 3 is 2.18 bits per heavy atom. The highest BCUT2D eigenvalue weighted by molar-refractivity contribution is 6.69. The lowest BCUT2D eigenvalue weighted by Crippen LogP contribution is -2.47. The lowest BCUT2D eigenvalue weighted by atomic mass is 9.83. The Hall–Kier alpha value is -0.333. The minimum absolute atomic E-state index is 0.442. The molecule has 3 heteroatoms. The Labute approximate surface area is 106 Å². The number of fused-ring (bicyclic) bond motifs is 3. The van der Waals surface area contributed by atoms with Gasteiger partial charge in [-0.25, -0.2) is 0 Å². The molecule has 0 heterocycles. The van der Waals surface area contributed by atoms with E-state index in [4.69, 9.17) is 4.43 Å². The lowest BCUT2D eigenvalue weighted by molar-refractivity contribution is 0.0428. The molecule has 2 nitrogen and oxygen atoms in total. The Bertz CT molecular complexity index is 307. The molecule has 2 bridgehead atoms. The summed E-state index contributed by atoms with van der Waals surface area (Å²) in [5, 5.41) is 9.72. The quantitative estimate of drug-likeness (QED) is 0.692. The van der Waals surface area contributed by atoms with Gasteiger partial charge in [-0.3, -0.25) is 0 Å². The molecule has 96 valence electrons. The SMILES string of the molecule is C[Si](C)(C)OC1(C#N)CC2CCCC1CCC2. The van der Waals surface area contributed by atoms with Gasteiger partial charge in [-0.05, 0) is 44.8 Å². The van der Waals surface area contributed by atoms with Crippen molar-refractivity contribution in [2.75, 3.05) is 0 Å². The van der Waals surface area contributed by atoms with E-state index in [0.717, 1.165) is 12.3 Å². The Balaban J connectivity index is 2.28. The summed E-state index contributed by atoms with van der Waals surface area (Å²) in [6, 6.07) is 2.60. The fraction of sp³-hybridized carbons (Fsp3) is 0.929. The molecule has 2 aliphatic rings. The largest absolute Gasteiger partial charge is 0.400 e. The molecule has 0 aromatic carbocycles. The summed E-state index contributed by atoms with van der Waals surface area (Å²) in [6.45, 7) is 6.63. The topological polar surface area (TPSA) is 33.0 Å². The first kappa shape index (κ1) is 13.1. The van der Waals surface area contributed by atoms with Gasteiger partial charge < -0.3 is 4.43 Å². The molecule has 0 spiro atoms. The van der Waals surface area contributed by atoms with Crippen LogP contribution in [0.25, 0.3) is 0 Å². The van der Waals surface area contributed by atoms with Gasteiger partial charge in [0.15, 0.2) is 8.32 Å². The molecule has 0 aromatic rings. The third-order valence-electron chi connectivity index (χ3n) is 4.26. The summed E-state index contributed by atoms with van der Waals surface area (Å²) in [5.41, 5.74) is -0.442. The van der Waals surface area contributed by atoms with Gasteiger partial charge in [0.25, 0.3) is 0 Å². The van der Waals surface area contributed by atoms with Crippen molar-refractivity contribution in [3.63, 3.8) is 0 Å². The second-order valence-corrected chi connectivity index (χ2v) is 11.3. The van der Waals surface area contributed by atoms with Gasteiger partial charge in [-0.15, -0.1) is 0 Å². The summed E-state index contributed by atoms with van der Waals surface area (Å²) in [6.07, 6.45) is 8.63. The molecule has 0 aromatic heterocycles. The molecular weight excluding hydrogens is 226 g/mol. The normalized spacial score (nSPS) is 38.2. The zero-order valence-electron chi connectivity index (χ0n) is 11.5. The Kier molecular flexibility index (Phi) is 3.65. The standard InChI is InChI=1S/C14H25NOSi/c1-17(2,3)16-14(11-15)10-12-6-4-8-13(14)9-5-7-12/h12-13H,4-10H2,1-3H3. The van der Waals surface area contributed by atoms with Crippen LogP contribution in [0.5, 0.6) is 0 Å². The van der Waals surface area contributed by atoms with E-state index < -0.39 is 13.9 Å². The summed E-state index contributed by atoms with van der Waals surface area (Å²) in [7, 11) is -1.64. The lowest BCUT2D eigenvalue weighted by Gasteiger charge is -2.38. The fourth-order valence-corrected chi connectivity index (χ4v) is 5.08. The summed E-state index contributed by atoms with van der Waals surface area (Å²) >= 11 is 0. The fourth-order valence-electron chi connectivity index (χ4n) is 3.69. The van der Waals surface area contributed by atoms with Crippen LogP contribution in [0.15, 0.2) is 0 Å². The molecular formula is C14H25NOSi. The minimum Gasteiger partial charge on any atom is -0.400 e. The van der Waals surface area contributed by atoms with Gasteiger partial charge in [0.1, 0.15) is 5.60 Å². The van der Waals surface area contributed by atoms with Crippen LogP contribution in [-0.2, 0) is 4.43 Å². The number of nitrogens with zero attached hydrogens (tertiary/aromatic N) is 1. The monoisotopic (exact) mass is 251 g/mol. The average Bonchev–Trinajstić information content (AvgIpc) is 2.43. The van der Waals surface area contributed by atoms with Crippen molar-refractivity contribution in [2.24, 2.45) is 11.8 Å². The van der Waals surface area contributed by atoms with Crippen molar-refractivity contribution < 1.29 is 4.43 Å². The third-order valence-corrected chi connectivity index (χ3v) is 5.24. The van der Waals surface area contributed by atoms with Crippen LogP contribution in [0.4, 0.5) is 0 Å². The average molecular weight is 251 g/mol. The molecule has 0 amide bonds. The number of rotatable bonds is 2. The second-order valence-electron chi connectivity index (χ2n) is 6.84. The number of hydrogen-bond donors (Lipinski definition) is 0. The first-order valence-corrected chi connectivity index (χ1v) is 10.5. The van der Waals surface area contributed by atoms with E-state index in [1.54, 1.807) is 0 Å². The Morgan fingerprint density at radius 2 is 1.71 bits per heavy atom. The van der Waals surface area contributed by atoms with Crippen molar-refractivity contribution >= 4 is 8.32 Å². The molecule has 0 saturated heterocycles. The Morgan fingerprint density at radius 1 is 1.12 bits per heavy atom. The predicted molar refractivity (Wildman–Crippen MR) is 72.1 cm³/mol. The maximum Gasteiger partial charge on any atom is 0.185 e. The van der Waals surface area contributed by atoms with Crippen molar-refractivity contribution in [1.82, 2.24) is 0 Å². The molecule has 2 rings (SSSR count). The van der Waals surface area contributed by atoms with Crippen molar-refractivity contribution in [3.05, 3.63) is 0 Å². The van der Waals surface area contributed by atoms with Crippen molar-refractivity contribution in [2.45, 2.75) is 70.2 Å². The summed E-state index contributed by atoms with van der Waals surface area (Å²) in [5.74, 6) is 1.23. The van der Waals surface area contributed by atoms with Gasteiger partial charge in [0.2, 0.25) is 0 Å². The smallest absolute Gasteiger partial charge is 0.185 e. The van der Waals surface area contributed by atoms with E-state index in [9.17, 15) is 5.26 Å².